The van der Waals surface area contributed by atoms with Gasteiger partial charge in [-0.2, -0.15) is 9.94 Å². The van der Waals surface area contributed by atoms with Gasteiger partial charge in [0, 0.05) is 31.5 Å². The topological polar surface area (TPSA) is 108 Å². The summed E-state index contributed by atoms with van der Waals surface area (Å²) in [6, 6.07) is 3.73. The second kappa shape index (κ2) is 7.65. The summed E-state index contributed by atoms with van der Waals surface area (Å²) >= 11 is 0. The summed E-state index contributed by atoms with van der Waals surface area (Å²) in [7, 11) is 0. The summed E-state index contributed by atoms with van der Waals surface area (Å²) in [5, 5.41) is 11.8. The molecule has 9 heteroatoms. The fourth-order valence-electron chi connectivity index (χ4n) is 2.64. The molecular formula is C17H20N8O. The van der Waals surface area contributed by atoms with Gasteiger partial charge in [0.1, 0.15) is 30.2 Å². The Labute approximate surface area is 150 Å². The normalized spacial score (nSPS) is 10.7. The minimum absolute atomic E-state index is 0.246. The van der Waals surface area contributed by atoms with Crippen LogP contribution < -0.4 is 10.5 Å². The van der Waals surface area contributed by atoms with E-state index in [1.807, 2.05) is 6.07 Å². The van der Waals surface area contributed by atoms with Crippen LogP contribution in [0.2, 0.25) is 0 Å². The molecule has 0 saturated carbocycles. The number of nitrogens with one attached hydrogen (secondary N) is 1. The van der Waals surface area contributed by atoms with Gasteiger partial charge >= 0.3 is 0 Å². The van der Waals surface area contributed by atoms with Crippen LogP contribution in [0.25, 0.3) is 11.5 Å². The SMILES string of the molecule is CCCCN(CC)c1cc(-n2[nH]cc(-n3cnc(C#N)c3)c2=O)ncn1. The fourth-order valence-corrected chi connectivity index (χ4v) is 2.64. The quantitative estimate of drug-likeness (QED) is 0.692. The third-order valence-electron chi connectivity index (χ3n) is 4.08. The second-order valence-corrected chi connectivity index (χ2v) is 5.74. The lowest BCUT2D eigenvalue weighted by Gasteiger charge is -2.21. The van der Waals surface area contributed by atoms with E-state index >= 15 is 0 Å². The number of nitriles is 1. The molecule has 0 spiro atoms. The van der Waals surface area contributed by atoms with E-state index in [4.69, 9.17) is 5.26 Å². The molecule has 0 aliphatic rings. The highest BCUT2D eigenvalue weighted by atomic mass is 16.1. The Morgan fingerprint density at radius 1 is 1.31 bits per heavy atom. The van der Waals surface area contributed by atoms with Crippen LogP contribution in [0.4, 0.5) is 5.82 Å². The number of rotatable bonds is 7. The number of unbranched alkanes of at least 4 members (excludes halogenated alkanes) is 1. The van der Waals surface area contributed by atoms with Gasteiger partial charge in [0.2, 0.25) is 0 Å². The molecule has 0 fully saturated rings. The van der Waals surface area contributed by atoms with Crippen LogP contribution in [0, 0.1) is 11.3 Å². The molecule has 26 heavy (non-hydrogen) atoms. The molecule has 0 amide bonds. The predicted molar refractivity (Wildman–Crippen MR) is 96.6 cm³/mol. The molecule has 0 unspecified atom stereocenters. The average Bonchev–Trinajstić information content (AvgIpc) is 3.29. The third kappa shape index (κ3) is 3.35. The van der Waals surface area contributed by atoms with Crippen molar-refractivity contribution in [1.82, 2.24) is 29.3 Å². The molecule has 0 aliphatic carbocycles. The first-order valence-electron chi connectivity index (χ1n) is 8.50. The molecule has 3 heterocycles. The summed E-state index contributed by atoms with van der Waals surface area (Å²) in [6.45, 7) is 5.95. The Bertz CT molecular complexity index is 977. The summed E-state index contributed by atoms with van der Waals surface area (Å²) < 4.78 is 2.86. The van der Waals surface area contributed by atoms with Crippen LogP contribution in [0.5, 0.6) is 0 Å². The van der Waals surface area contributed by atoms with Crippen molar-refractivity contribution in [2.45, 2.75) is 26.7 Å². The maximum Gasteiger partial charge on any atom is 0.296 e. The standard InChI is InChI=1S/C17H20N8O/c1-3-5-6-23(4-2)15-7-16(20-11-19-15)25-17(26)14(9-22-25)24-10-13(8-18)21-12-24/h7,9-12,22H,3-6H2,1-2H3. The summed E-state index contributed by atoms with van der Waals surface area (Å²) in [4.78, 5) is 27.3. The number of hydrogen-bond acceptors (Lipinski definition) is 6. The lowest BCUT2D eigenvalue weighted by atomic mass is 10.3. The fraction of sp³-hybridized carbons (Fsp3) is 0.353. The van der Waals surface area contributed by atoms with Gasteiger partial charge in [0.15, 0.2) is 11.5 Å². The van der Waals surface area contributed by atoms with Gasteiger partial charge in [-0.3, -0.25) is 14.5 Å². The molecule has 0 bridgehead atoms. The lowest BCUT2D eigenvalue weighted by Crippen LogP contribution is -2.26. The number of aromatic amines is 1. The van der Waals surface area contributed by atoms with Gasteiger partial charge in [0.05, 0.1) is 0 Å². The Kier molecular flexibility index (Phi) is 5.12. The number of hydrogen-bond donors (Lipinski definition) is 1. The molecule has 3 rings (SSSR count). The van der Waals surface area contributed by atoms with Crippen molar-refractivity contribution < 1.29 is 0 Å². The van der Waals surface area contributed by atoms with Crippen molar-refractivity contribution in [2.75, 3.05) is 18.0 Å². The third-order valence-corrected chi connectivity index (χ3v) is 4.08. The Balaban J connectivity index is 1.94. The smallest absolute Gasteiger partial charge is 0.296 e. The first-order chi connectivity index (χ1) is 12.7. The molecule has 134 valence electrons. The molecule has 9 nitrogen and oxygen atoms in total. The molecule has 0 radical (unpaired) electrons. The zero-order valence-electron chi connectivity index (χ0n) is 14.8. The van der Waals surface area contributed by atoms with E-state index in [9.17, 15) is 4.79 Å². The van der Waals surface area contributed by atoms with Gasteiger partial charge < -0.3 is 4.90 Å². The summed E-state index contributed by atoms with van der Waals surface area (Å²) in [5.41, 5.74) is 0.321. The lowest BCUT2D eigenvalue weighted by molar-refractivity contribution is 0.719. The van der Waals surface area contributed by atoms with Crippen LogP contribution in [0.15, 0.2) is 35.9 Å². The average molecular weight is 352 g/mol. The van der Waals surface area contributed by atoms with Crippen LogP contribution >= 0.6 is 0 Å². The largest absolute Gasteiger partial charge is 0.357 e. The number of nitrogens with zero attached hydrogens (tertiary/aromatic N) is 7. The van der Waals surface area contributed by atoms with E-state index in [0.717, 1.165) is 31.7 Å². The predicted octanol–water partition coefficient (Wildman–Crippen LogP) is 1.64. The van der Waals surface area contributed by atoms with Crippen molar-refractivity contribution in [1.29, 1.82) is 5.26 Å². The number of anilines is 1. The van der Waals surface area contributed by atoms with Gasteiger partial charge in [-0.1, -0.05) is 13.3 Å². The molecule has 0 atom stereocenters. The Morgan fingerprint density at radius 3 is 2.85 bits per heavy atom. The van der Waals surface area contributed by atoms with Gasteiger partial charge in [-0.15, -0.1) is 0 Å². The van der Waals surface area contributed by atoms with E-state index in [1.165, 1.54) is 28.1 Å². The number of H-pyrrole nitrogens is 1. The first-order valence-corrected chi connectivity index (χ1v) is 8.50. The molecule has 0 aliphatic heterocycles. The van der Waals surface area contributed by atoms with E-state index in [0.29, 0.717) is 11.5 Å². The highest BCUT2D eigenvalue weighted by Gasteiger charge is 2.13. The molecule has 1 N–H and O–H groups in total. The molecular weight excluding hydrogens is 332 g/mol. The molecule has 3 aromatic rings. The van der Waals surface area contributed by atoms with Gasteiger partial charge in [-0.05, 0) is 13.3 Å². The van der Waals surface area contributed by atoms with E-state index in [2.05, 4.69) is 38.8 Å². The maximum absolute atomic E-state index is 12.7. The van der Waals surface area contributed by atoms with Gasteiger partial charge in [-0.25, -0.2) is 15.0 Å². The van der Waals surface area contributed by atoms with Crippen LogP contribution in [-0.4, -0.2) is 42.4 Å². The second-order valence-electron chi connectivity index (χ2n) is 5.74. The van der Waals surface area contributed by atoms with Crippen LogP contribution in [0.1, 0.15) is 32.4 Å². The molecule has 3 aromatic heterocycles. The minimum atomic E-state index is -0.284. The first kappa shape index (κ1) is 17.4. The summed E-state index contributed by atoms with van der Waals surface area (Å²) in [6.07, 6.45) is 8.12. The Morgan fingerprint density at radius 2 is 2.15 bits per heavy atom. The summed E-state index contributed by atoms with van der Waals surface area (Å²) in [5.74, 6) is 1.24. The van der Waals surface area contributed by atoms with E-state index in [-0.39, 0.29) is 11.3 Å². The van der Waals surface area contributed by atoms with Crippen molar-refractivity contribution in [3.63, 3.8) is 0 Å². The van der Waals surface area contributed by atoms with Gasteiger partial charge in [0.25, 0.3) is 5.56 Å². The molecule has 0 aromatic carbocycles. The van der Waals surface area contributed by atoms with Crippen molar-refractivity contribution in [3.05, 3.63) is 47.2 Å². The minimum Gasteiger partial charge on any atom is -0.357 e. The number of imidazole rings is 1. The van der Waals surface area contributed by atoms with Crippen LogP contribution in [-0.2, 0) is 0 Å². The zero-order chi connectivity index (χ0) is 18.5. The highest BCUT2D eigenvalue weighted by Crippen LogP contribution is 2.14. The zero-order valence-corrected chi connectivity index (χ0v) is 14.8. The highest BCUT2D eigenvalue weighted by molar-refractivity contribution is 5.44. The van der Waals surface area contributed by atoms with E-state index < -0.39 is 0 Å². The monoisotopic (exact) mass is 352 g/mol. The Hall–Kier alpha value is -3.41. The van der Waals surface area contributed by atoms with E-state index in [1.54, 1.807) is 12.3 Å². The van der Waals surface area contributed by atoms with Crippen molar-refractivity contribution in [3.8, 4) is 17.6 Å². The number of aromatic nitrogens is 6. The maximum atomic E-state index is 12.7. The van der Waals surface area contributed by atoms with Crippen molar-refractivity contribution >= 4 is 5.82 Å². The molecule has 0 saturated heterocycles. The van der Waals surface area contributed by atoms with Crippen LogP contribution in [0.3, 0.4) is 0 Å². The van der Waals surface area contributed by atoms with Crippen molar-refractivity contribution in [2.24, 2.45) is 0 Å².